The minimum Gasteiger partial charge on any atom is -0.491 e. The SMILES string of the molecule is CCOc1ccccc1OCCOCCOc1ccc(Br)cc1. The van der Waals surface area contributed by atoms with Crippen LogP contribution in [-0.4, -0.2) is 33.0 Å². The van der Waals surface area contributed by atoms with Crippen LogP contribution in [0.5, 0.6) is 17.2 Å². The van der Waals surface area contributed by atoms with Crippen molar-refractivity contribution in [3.63, 3.8) is 0 Å². The van der Waals surface area contributed by atoms with Crippen LogP contribution in [0.25, 0.3) is 0 Å². The molecule has 0 fully saturated rings. The Morgan fingerprint density at radius 1 is 0.739 bits per heavy atom. The molecule has 2 aromatic rings. The number of rotatable bonds is 10. The third kappa shape index (κ3) is 6.50. The van der Waals surface area contributed by atoms with E-state index in [2.05, 4.69) is 15.9 Å². The van der Waals surface area contributed by atoms with Crippen molar-refractivity contribution in [3.8, 4) is 17.2 Å². The molecule has 23 heavy (non-hydrogen) atoms. The fourth-order valence-corrected chi connectivity index (χ4v) is 2.17. The van der Waals surface area contributed by atoms with Crippen molar-refractivity contribution >= 4 is 15.9 Å². The molecular weight excluding hydrogens is 360 g/mol. The fourth-order valence-electron chi connectivity index (χ4n) is 1.91. The Balaban J connectivity index is 1.58. The standard InChI is InChI=1S/C18H21BrO4/c1-2-21-17-5-3-4-6-18(17)23-14-12-20-11-13-22-16-9-7-15(19)8-10-16/h3-10H,2,11-14H2,1H3. The number of hydrogen-bond donors (Lipinski definition) is 0. The van der Waals surface area contributed by atoms with Gasteiger partial charge in [0.2, 0.25) is 0 Å². The van der Waals surface area contributed by atoms with Crippen molar-refractivity contribution in [1.29, 1.82) is 0 Å². The van der Waals surface area contributed by atoms with Gasteiger partial charge in [-0.1, -0.05) is 28.1 Å². The molecule has 0 radical (unpaired) electrons. The summed E-state index contributed by atoms with van der Waals surface area (Å²) in [5.41, 5.74) is 0. The van der Waals surface area contributed by atoms with E-state index in [1.54, 1.807) is 0 Å². The van der Waals surface area contributed by atoms with E-state index in [4.69, 9.17) is 18.9 Å². The topological polar surface area (TPSA) is 36.9 Å². The van der Waals surface area contributed by atoms with E-state index < -0.39 is 0 Å². The Morgan fingerprint density at radius 2 is 1.35 bits per heavy atom. The van der Waals surface area contributed by atoms with Crippen LogP contribution in [0.1, 0.15) is 6.92 Å². The van der Waals surface area contributed by atoms with E-state index in [9.17, 15) is 0 Å². The highest BCUT2D eigenvalue weighted by Gasteiger charge is 2.02. The van der Waals surface area contributed by atoms with Crippen molar-refractivity contribution in [2.75, 3.05) is 33.0 Å². The lowest BCUT2D eigenvalue weighted by atomic mass is 10.3. The lowest BCUT2D eigenvalue weighted by molar-refractivity contribution is 0.0755. The van der Waals surface area contributed by atoms with Crippen LogP contribution in [0.2, 0.25) is 0 Å². The minimum absolute atomic E-state index is 0.475. The molecule has 2 rings (SSSR count). The van der Waals surface area contributed by atoms with Gasteiger partial charge in [0.05, 0.1) is 19.8 Å². The zero-order valence-electron chi connectivity index (χ0n) is 13.2. The van der Waals surface area contributed by atoms with Gasteiger partial charge >= 0.3 is 0 Å². The molecule has 0 spiro atoms. The van der Waals surface area contributed by atoms with Crippen LogP contribution in [-0.2, 0) is 4.74 Å². The van der Waals surface area contributed by atoms with Crippen molar-refractivity contribution < 1.29 is 18.9 Å². The van der Waals surface area contributed by atoms with E-state index in [1.807, 2.05) is 55.5 Å². The quantitative estimate of drug-likeness (QED) is 0.575. The first-order valence-electron chi connectivity index (χ1n) is 7.60. The van der Waals surface area contributed by atoms with Gasteiger partial charge in [0.25, 0.3) is 0 Å². The molecular formula is C18H21BrO4. The number of hydrogen-bond acceptors (Lipinski definition) is 4. The third-order valence-electron chi connectivity index (χ3n) is 2.94. The van der Waals surface area contributed by atoms with Gasteiger partial charge in [-0.15, -0.1) is 0 Å². The largest absolute Gasteiger partial charge is 0.491 e. The van der Waals surface area contributed by atoms with E-state index in [0.717, 1.165) is 21.7 Å². The third-order valence-corrected chi connectivity index (χ3v) is 3.47. The first-order valence-corrected chi connectivity index (χ1v) is 8.39. The van der Waals surface area contributed by atoms with Crippen molar-refractivity contribution in [1.82, 2.24) is 0 Å². The van der Waals surface area contributed by atoms with E-state index in [1.165, 1.54) is 0 Å². The predicted octanol–water partition coefficient (Wildman–Crippen LogP) is 4.32. The zero-order chi connectivity index (χ0) is 16.3. The molecule has 0 saturated carbocycles. The molecule has 0 aromatic heterocycles. The molecule has 2 aromatic carbocycles. The summed E-state index contributed by atoms with van der Waals surface area (Å²) in [7, 11) is 0. The van der Waals surface area contributed by atoms with Gasteiger partial charge in [0.15, 0.2) is 11.5 Å². The molecule has 0 N–H and O–H groups in total. The first-order chi connectivity index (χ1) is 11.3. The van der Waals surface area contributed by atoms with Crippen LogP contribution in [0.4, 0.5) is 0 Å². The average molecular weight is 381 g/mol. The Bertz CT molecular complexity index is 571. The maximum Gasteiger partial charge on any atom is 0.161 e. The van der Waals surface area contributed by atoms with Crippen LogP contribution in [0.3, 0.4) is 0 Å². The molecule has 0 heterocycles. The Morgan fingerprint density at radius 3 is 2.00 bits per heavy atom. The Kier molecular flexibility index (Phi) is 7.77. The molecule has 0 unspecified atom stereocenters. The van der Waals surface area contributed by atoms with Gasteiger partial charge in [-0.25, -0.2) is 0 Å². The molecule has 0 aliphatic heterocycles. The number of halogens is 1. The Labute approximate surface area is 145 Å². The minimum atomic E-state index is 0.475. The highest BCUT2D eigenvalue weighted by atomic mass is 79.9. The summed E-state index contributed by atoms with van der Waals surface area (Å²) in [5.74, 6) is 2.33. The molecule has 0 aliphatic rings. The highest BCUT2D eigenvalue weighted by molar-refractivity contribution is 9.10. The molecule has 0 aliphatic carbocycles. The summed E-state index contributed by atoms with van der Waals surface area (Å²) in [6, 6.07) is 15.3. The van der Waals surface area contributed by atoms with E-state index >= 15 is 0 Å². The van der Waals surface area contributed by atoms with E-state index in [-0.39, 0.29) is 0 Å². The summed E-state index contributed by atoms with van der Waals surface area (Å²) in [5, 5.41) is 0. The van der Waals surface area contributed by atoms with Crippen molar-refractivity contribution in [2.45, 2.75) is 6.92 Å². The molecule has 0 bridgehead atoms. The average Bonchev–Trinajstić information content (AvgIpc) is 2.57. The second-order valence-electron chi connectivity index (χ2n) is 4.64. The maximum atomic E-state index is 5.67. The molecule has 0 amide bonds. The maximum absolute atomic E-state index is 5.67. The zero-order valence-corrected chi connectivity index (χ0v) is 14.8. The summed E-state index contributed by atoms with van der Waals surface area (Å²) >= 11 is 3.39. The van der Waals surface area contributed by atoms with Gasteiger partial charge in [0, 0.05) is 4.47 Å². The number of ether oxygens (including phenoxy) is 4. The molecule has 0 saturated heterocycles. The van der Waals surface area contributed by atoms with Gasteiger partial charge in [-0.05, 0) is 43.3 Å². The van der Waals surface area contributed by atoms with Crippen LogP contribution in [0.15, 0.2) is 53.0 Å². The van der Waals surface area contributed by atoms with Gasteiger partial charge in [0.1, 0.15) is 19.0 Å². The van der Waals surface area contributed by atoms with Gasteiger partial charge in [-0.3, -0.25) is 0 Å². The Hall–Kier alpha value is -1.72. The fraction of sp³-hybridized carbons (Fsp3) is 0.333. The monoisotopic (exact) mass is 380 g/mol. The smallest absolute Gasteiger partial charge is 0.161 e. The van der Waals surface area contributed by atoms with Gasteiger partial charge < -0.3 is 18.9 Å². The second kappa shape index (κ2) is 10.1. The number of benzene rings is 2. The lowest BCUT2D eigenvalue weighted by Gasteiger charge is -2.12. The predicted molar refractivity (Wildman–Crippen MR) is 93.6 cm³/mol. The summed E-state index contributed by atoms with van der Waals surface area (Å²) in [6.45, 7) is 4.58. The summed E-state index contributed by atoms with van der Waals surface area (Å²) < 4.78 is 23.3. The first kappa shape index (κ1) is 17.6. The second-order valence-corrected chi connectivity index (χ2v) is 5.56. The summed E-state index contributed by atoms with van der Waals surface area (Å²) in [4.78, 5) is 0. The van der Waals surface area contributed by atoms with Crippen molar-refractivity contribution in [3.05, 3.63) is 53.0 Å². The van der Waals surface area contributed by atoms with Crippen LogP contribution in [0, 0.1) is 0 Å². The summed E-state index contributed by atoms with van der Waals surface area (Å²) in [6.07, 6.45) is 0. The lowest BCUT2D eigenvalue weighted by Crippen LogP contribution is -2.12. The number of para-hydroxylation sites is 2. The molecule has 5 heteroatoms. The highest BCUT2D eigenvalue weighted by Crippen LogP contribution is 2.26. The van der Waals surface area contributed by atoms with Crippen molar-refractivity contribution in [2.24, 2.45) is 0 Å². The van der Waals surface area contributed by atoms with Crippen LogP contribution < -0.4 is 14.2 Å². The normalized spacial score (nSPS) is 10.3. The molecule has 124 valence electrons. The van der Waals surface area contributed by atoms with Gasteiger partial charge in [-0.2, -0.15) is 0 Å². The van der Waals surface area contributed by atoms with E-state index in [0.29, 0.717) is 33.0 Å². The molecule has 4 nitrogen and oxygen atoms in total. The van der Waals surface area contributed by atoms with Crippen LogP contribution >= 0.6 is 15.9 Å². The molecule has 0 atom stereocenters.